The molecule has 1 N–H and O–H groups in total. The molecule has 0 saturated heterocycles. The second-order valence-electron chi connectivity index (χ2n) is 5.13. The minimum absolute atomic E-state index is 0.139. The molecule has 0 radical (unpaired) electrons. The van der Waals surface area contributed by atoms with E-state index in [0.717, 1.165) is 10.0 Å². The number of benzene rings is 1. The fourth-order valence-corrected chi connectivity index (χ4v) is 2.52. The average Bonchev–Trinajstić information content (AvgIpc) is 2.36. The van der Waals surface area contributed by atoms with Gasteiger partial charge >= 0.3 is 5.97 Å². The Labute approximate surface area is 127 Å². The third-order valence-electron chi connectivity index (χ3n) is 3.33. The normalized spacial score (nSPS) is 11.2. The van der Waals surface area contributed by atoms with Crippen LogP contribution in [0.15, 0.2) is 28.7 Å². The van der Waals surface area contributed by atoms with Gasteiger partial charge in [-0.1, -0.05) is 28.1 Å². The van der Waals surface area contributed by atoms with E-state index in [0.29, 0.717) is 19.4 Å². The van der Waals surface area contributed by atoms with Crippen molar-refractivity contribution >= 4 is 27.8 Å². The van der Waals surface area contributed by atoms with Crippen LogP contribution in [0.25, 0.3) is 0 Å². The maximum absolute atomic E-state index is 12.2. The van der Waals surface area contributed by atoms with Crippen molar-refractivity contribution in [2.45, 2.75) is 39.2 Å². The third-order valence-corrected chi connectivity index (χ3v) is 3.83. The summed E-state index contributed by atoms with van der Waals surface area (Å²) in [5, 5.41) is 9.21. The van der Waals surface area contributed by atoms with Gasteiger partial charge in [-0.15, -0.1) is 0 Å². The first-order chi connectivity index (χ1) is 9.28. The number of carboxylic acids is 1. The average molecular weight is 342 g/mol. The van der Waals surface area contributed by atoms with Crippen LogP contribution in [0.3, 0.4) is 0 Å². The van der Waals surface area contributed by atoms with Crippen LogP contribution >= 0.6 is 15.9 Å². The van der Waals surface area contributed by atoms with E-state index < -0.39 is 11.5 Å². The maximum Gasteiger partial charge on any atom is 0.329 e. The molecule has 0 bridgehead atoms. The van der Waals surface area contributed by atoms with Gasteiger partial charge in [0, 0.05) is 17.4 Å². The van der Waals surface area contributed by atoms with Crippen molar-refractivity contribution in [3.63, 3.8) is 0 Å². The van der Waals surface area contributed by atoms with Gasteiger partial charge in [0.15, 0.2) is 0 Å². The summed E-state index contributed by atoms with van der Waals surface area (Å²) < 4.78 is 0.973. The molecule has 5 heteroatoms. The van der Waals surface area contributed by atoms with Crippen molar-refractivity contribution < 1.29 is 14.7 Å². The number of halogens is 1. The van der Waals surface area contributed by atoms with Crippen molar-refractivity contribution in [1.82, 2.24) is 4.90 Å². The van der Waals surface area contributed by atoms with Crippen LogP contribution < -0.4 is 0 Å². The molecule has 1 aromatic rings. The molecule has 0 spiro atoms. The molecule has 0 aliphatic carbocycles. The molecule has 4 nitrogen and oxygen atoms in total. The Morgan fingerprint density at radius 2 is 2.00 bits per heavy atom. The van der Waals surface area contributed by atoms with E-state index in [1.54, 1.807) is 20.8 Å². The van der Waals surface area contributed by atoms with E-state index in [1.165, 1.54) is 4.90 Å². The summed E-state index contributed by atoms with van der Waals surface area (Å²) in [6.07, 6.45) is 0.908. The molecule has 110 valence electrons. The van der Waals surface area contributed by atoms with Gasteiger partial charge in [-0.2, -0.15) is 0 Å². The Kier molecular flexibility index (Phi) is 5.74. The van der Waals surface area contributed by atoms with Crippen molar-refractivity contribution in [3.8, 4) is 0 Å². The molecule has 0 fully saturated rings. The number of carbonyl (C=O) groups excluding carboxylic acids is 1. The van der Waals surface area contributed by atoms with Gasteiger partial charge in [0.25, 0.3) is 0 Å². The van der Waals surface area contributed by atoms with E-state index in [9.17, 15) is 14.7 Å². The number of carboxylic acid groups (broad SMARTS) is 1. The van der Waals surface area contributed by atoms with Crippen molar-refractivity contribution in [2.24, 2.45) is 0 Å². The van der Waals surface area contributed by atoms with E-state index in [4.69, 9.17) is 0 Å². The standard InChI is InChI=1S/C15H20BrNO3/c1-4-17(15(2,3)14(19)20)13(18)9-8-11-6-5-7-12(16)10-11/h5-7,10H,4,8-9H2,1-3H3,(H,19,20). The Morgan fingerprint density at radius 1 is 1.35 bits per heavy atom. The fourth-order valence-electron chi connectivity index (χ4n) is 2.08. The minimum atomic E-state index is -1.18. The highest BCUT2D eigenvalue weighted by atomic mass is 79.9. The number of likely N-dealkylation sites (N-methyl/N-ethyl adjacent to an activating group) is 1. The molecule has 0 aliphatic rings. The predicted octanol–water partition coefficient (Wildman–Crippen LogP) is 3.09. The number of aliphatic carboxylic acids is 1. The van der Waals surface area contributed by atoms with Crippen LogP contribution in [0, 0.1) is 0 Å². The molecule has 1 amide bonds. The second kappa shape index (κ2) is 6.88. The molecule has 0 aromatic heterocycles. The highest BCUT2D eigenvalue weighted by Crippen LogP contribution is 2.18. The lowest BCUT2D eigenvalue weighted by atomic mass is 10.0. The highest BCUT2D eigenvalue weighted by Gasteiger charge is 2.36. The molecule has 1 aromatic carbocycles. The number of rotatable bonds is 6. The van der Waals surface area contributed by atoms with Gasteiger partial charge < -0.3 is 10.0 Å². The molecule has 1 rings (SSSR count). The van der Waals surface area contributed by atoms with E-state index in [-0.39, 0.29) is 5.91 Å². The quantitative estimate of drug-likeness (QED) is 0.864. The summed E-state index contributed by atoms with van der Waals surface area (Å²) in [5.41, 5.74) is -0.125. The largest absolute Gasteiger partial charge is 0.480 e. The van der Waals surface area contributed by atoms with Crippen molar-refractivity contribution in [1.29, 1.82) is 0 Å². The summed E-state index contributed by atoms with van der Waals surface area (Å²) in [5.74, 6) is -1.13. The molecule has 0 unspecified atom stereocenters. The zero-order valence-corrected chi connectivity index (χ0v) is 13.6. The summed E-state index contributed by atoms with van der Waals surface area (Å²) in [4.78, 5) is 24.9. The lowest BCUT2D eigenvalue weighted by molar-refractivity contribution is -0.156. The van der Waals surface area contributed by atoms with Crippen LogP contribution in [-0.4, -0.2) is 34.0 Å². The summed E-state index contributed by atoms with van der Waals surface area (Å²) in [6.45, 7) is 5.28. The Morgan fingerprint density at radius 3 is 2.50 bits per heavy atom. The number of carbonyl (C=O) groups is 2. The number of hydrogen-bond acceptors (Lipinski definition) is 2. The lowest BCUT2D eigenvalue weighted by Gasteiger charge is -2.34. The zero-order chi connectivity index (χ0) is 15.3. The topological polar surface area (TPSA) is 57.6 Å². The maximum atomic E-state index is 12.2. The van der Waals surface area contributed by atoms with Gasteiger partial charge in [0.1, 0.15) is 5.54 Å². The van der Waals surface area contributed by atoms with Crippen LogP contribution in [-0.2, 0) is 16.0 Å². The Hall–Kier alpha value is -1.36. The summed E-state index contributed by atoms with van der Waals surface area (Å²) in [7, 11) is 0. The zero-order valence-electron chi connectivity index (χ0n) is 12.0. The smallest absolute Gasteiger partial charge is 0.329 e. The Bertz CT molecular complexity index is 500. The first-order valence-electron chi connectivity index (χ1n) is 6.57. The molecule has 0 heterocycles. The minimum Gasteiger partial charge on any atom is -0.480 e. The van der Waals surface area contributed by atoms with Crippen molar-refractivity contribution in [3.05, 3.63) is 34.3 Å². The monoisotopic (exact) mass is 341 g/mol. The molecular weight excluding hydrogens is 322 g/mol. The molecular formula is C15H20BrNO3. The van der Waals surface area contributed by atoms with Crippen molar-refractivity contribution in [2.75, 3.05) is 6.54 Å². The lowest BCUT2D eigenvalue weighted by Crippen LogP contribution is -2.52. The second-order valence-corrected chi connectivity index (χ2v) is 6.05. The van der Waals surface area contributed by atoms with Gasteiger partial charge in [0.05, 0.1) is 0 Å². The highest BCUT2D eigenvalue weighted by molar-refractivity contribution is 9.10. The van der Waals surface area contributed by atoms with Gasteiger partial charge in [-0.25, -0.2) is 4.79 Å². The van der Waals surface area contributed by atoms with E-state index >= 15 is 0 Å². The molecule has 0 atom stereocenters. The number of hydrogen-bond donors (Lipinski definition) is 1. The molecule has 20 heavy (non-hydrogen) atoms. The fraction of sp³-hybridized carbons (Fsp3) is 0.467. The predicted molar refractivity (Wildman–Crippen MR) is 81.6 cm³/mol. The van der Waals surface area contributed by atoms with Gasteiger partial charge in [0.2, 0.25) is 5.91 Å². The number of nitrogens with zero attached hydrogens (tertiary/aromatic N) is 1. The molecule has 0 aliphatic heterocycles. The SMILES string of the molecule is CCN(C(=O)CCc1cccc(Br)c1)C(C)(C)C(=O)O. The summed E-state index contributed by atoms with van der Waals surface area (Å²) in [6, 6.07) is 7.77. The van der Waals surface area contributed by atoms with Crippen LogP contribution in [0.1, 0.15) is 32.8 Å². The van der Waals surface area contributed by atoms with E-state index in [1.807, 2.05) is 24.3 Å². The van der Waals surface area contributed by atoms with E-state index in [2.05, 4.69) is 15.9 Å². The summed E-state index contributed by atoms with van der Waals surface area (Å²) >= 11 is 3.39. The van der Waals surface area contributed by atoms with Crippen LogP contribution in [0.2, 0.25) is 0 Å². The molecule has 0 saturated carbocycles. The number of aryl methyl sites for hydroxylation is 1. The first-order valence-corrected chi connectivity index (χ1v) is 7.36. The Balaban J connectivity index is 2.72. The van der Waals surface area contributed by atoms with Gasteiger partial charge in [-0.05, 0) is 44.9 Å². The van der Waals surface area contributed by atoms with Crippen LogP contribution in [0.5, 0.6) is 0 Å². The van der Waals surface area contributed by atoms with Crippen LogP contribution in [0.4, 0.5) is 0 Å². The third kappa shape index (κ3) is 4.07. The number of amides is 1. The first kappa shape index (κ1) is 16.7. The van der Waals surface area contributed by atoms with Gasteiger partial charge in [-0.3, -0.25) is 4.79 Å².